The van der Waals surface area contributed by atoms with Crippen molar-refractivity contribution in [2.75, 3.05) is 7.11 Å². The first-order valence-corrected chi connectivity index (χ1v) is 5.57. The summed E-state index contributed by atoms with van der Waals surface area (Å²) in [6.45, 7) is 4.02. The maximum atomic E-state index is 10.8. The average molecular weight is 220 g/mol. The molecule has 0 saturated heterocycles. The van der Waals surface area contributed by atoms with Crippen LogP contribution in [0.15, 0.2) is 11.4 Å². The second kappa shape index (κ2) is 3.66. The first-order chi connectivity index (χ1) is 7.19. The van der Waals surface area contributed by atoms with E-state index in [0.717, 1.165) is 38.8 Å². The van der Waals surface area contributed by atoms with Crippen LogP contribution < -0.4 is 4.74 Å². The predicted octanol–water partition coefficient (Wildman–Crippen LogP) is 3.34. The van der Waals surface area contributed by atoms with Crippen molar-refractivity contribution < 1.29 is 9.53 Å². The molecule has 0 radical (unpaired) electrons. The van der Waals surface area contributed by atoms with Crippen molar-refractivity contribution in [3.05, 3.63) is 28.1 Å². The predicted molar refractivity (Wildman–Crippen MR) is 63.2 cm³/mol. The molecule has 0 N–H and O–H groups in total. The van der Waals surface area contributed by atoms with Crippen molar-refractivity contribution >= 4 is 27.7 Å². The molecule has 3 heteroatoms. The molecule has 0 spiro atoms. The van der Waals surface area contributed by atoms with Gasteiger partial charge in [-0.05, 0) is 25.5 Å². The number of ether oxygens (including phenoxy) is 1. The van der Waals surface area contributed by atoms with E-state index in [9.17, 15) is 4.79 Å². The van der Waals surface area contributed by atoms with Gasteiger partial charge >= 0.3 is 0 Å². The van der Waals surface area contributed by atoms with Gasteiger partial charge in [0.25, 0.3) is 0 Å². The number of aryl methyl sites for hydroxylation is 2. The highest BCUT2D eigenvalue weighted by Crippen LogP contribution is 2.35. The number of rotatable bonds is 2. The minimum Gasteiger partial charge on any atom is -0.496 e. The molecule has 1 heterocycles. The molecule has 0 saturated carbocycles. The van der Waals surface area contributed by atoms with Crippen LogP contribution in [0.25, 0.3) is 10.1 Å². The van der Waals surface area contributed by atoms with Crippen molar-refractivity contribution in [3.63, 3.8) is 0 Å². The maximum Gasteiger partial charge on any atom is 0.151 e. The number of carbonyl (C=O) groups is 1. The van der Waals surface area contributed by atoms with E-state index in [-0.39, 0.29) is 0 Å². The molecule has 0 aliphatic heterocycles. The number of hydrogen-bond acceptors (Lipinski definition) is 3. The van der Waals surface area contributed by atoms with Crippen LogP contribution in [-0.2, 0) is 0 Å². The van der Waals surface area contributed by atoms with Gasteiger partial charge in [-0.15, -0.1) is 11.3 Å². The fourth-order valence-electron chi connectivity index (χ4n) is 1.91. The van der Waals surface area contributed by atoms with Crippen molar-refractivity contribution in [1.82, 2.24) is 0 Å². The summed E-state index contributed by atoms with van der Waals surface area (Å²) in [7, 11) is 1.68. The Balaban J connectivity index is 2.86. The summed E-state index contributed by atoms with van der Waals surface area (Å²) in [5.74, 6) is 0.918. The highest BCUT2D eigenvalue weighted by Gasteiger charge is 2.11. The van der Waals surface area contributed by atoms with Crippen molar-refractivity contribution in [2.45, 2.75) is 13.8 Å². The van der Waals surface area contributed by atoms with Crippen LogP contribution >= 0.6 is 11.3 Å². The van der Waals surface area contributed by atoms with Crippen LogP contribution in [0.1, 0.15) is 21.5 Å². The summed E-state index contributed by atoms with van der Waals surface area (Å²) in [6.07, 6.45) is 0.907. The number of fused-ring (bicyclic) bond motifs is 1. The van der Waals surface area contributed by atoms with E-state index in [1.807, 2.05) is 25.3 Å². The third kappa shape index (κ3) is 1.43. The molecule has 2 nitrogen and oxygen atoms in total. The molecular weight excluding hydrogens is 208 g/mol. The van der Waals surface area contributed by atoms with Gasteiger partial charge in [-0.2, -0.15) is 0 Å². The minimum atomic E-state index is 0.767. The number of thiophene rings is 1. The number of hydrogen-bond donors (Lipinski definition) is 0. The van der Waals surface area contributed by atoms with E-state index < -0.39 is 0 Å². The number of carbonyl (C=O) groups excluding carboxylic acids is 1. The molecule has 0 amide bonds. The first-order valence-electron chi connectivity index (χ1n) is 4.69. The molecule has 78 valence electrons. The van der Waals surface area contributed by atoms with Crippen LogP contribution in [0.3, 0.4) is 0 Å². The lowest BCUT2D eigenvalue weighted by atomic mass is 10.1. The molecular formula is C12H12O2S. The third-order valence-corrected chi connectivity index (χ3v) is 3.72. The number of methoxy groups -OCH3 is 1. The van der Waals surface area contributed by atoms with E-state index in [0.29, 0.717) is 0 Å². The maximum absolute atomic E-state index is 10.8. The molecule has 1 aromatic heterocycles. The molecule has 2 rings (SSSR count). The molecule has 15 heavy (non-hydrogen) atoms. The van der Waals surface area contributed by atoms with E-state index in [2.05, 4.69) is 0 Å². The average Bonchev–Trinajstić information content (AvgIpc) is 2.61. The quantitative estimate of drug-likeness (QED) is 0.725. The summed E-state index contributed by atoms with van der Waals surface area (Å²) in [4.78, 5) is 10.8. The Morgan fingerprint density at radius 2 is 2.13 bits per heavy atom. The van der Waals surface area contributed by atoms with Crippen LogP contribution in [-0.4, -0.2) is 13.4 Å². The van der Waals surface area contributed by atoms with Gasteiger partial charge in [0.2, 0.25) is 0 Å². The Morgan fingerprint density at radius 1 is 1.40 bits per heavy atom. The third-order valence-electron chi connectivity index (χ3n) is 2.59. The van der Waals surface area contributed by atoms with E-state index >= 15 is 0 Å². The van der Waals surface area contributed by atoms with Crippen molar-refractivity contribution in [2.24, 2.45) is 0 Å². The van der Waals surface area contributed by atoms with Gasteiger partial charge in [0.1, 0.15) is 5.75 Å². The molecule has 0 atom stereocenters. The van der Waals surface area contributed by atoms with Gasteiger partial charge in [0, 0.05) is 26.6 Å². The molecule has 2 aromatic rings. The number of benzene rings is 1. The smallest absolute Gasteiger partial charge is 0.151 e. The standard InChI is InChI=1S/C12H12O2S/c1-7-4-10-9(5-13)6-15-12(10)8(2)11(7)14-3/h4-6H,1-3H3. The summed E-state index contributed by atoms with van der Waals surface area (Å²) in [5.41, 5.74) is 2.96. The van der Waals surface area contributed by atoms with E-state index in [1.54, 1.807) is 18.4 Å². The largest absolute Gasteiger partial charge is 0.496 e. The van der Waals surface area contributed by atoms with Crippen LogP contribution in [0.4, 0.5) is 0 Å². The highest BCUT2D eigenvalue weighted by atomic mass is 32.1. The zero-order valence-electron chi connectivity index (χ0n) is 8.96. The van der Waals surface area contributed by atoms with Gasteiger partial charge in [-0.1, -0.05) is 0 Å². The van der Waals surface area contributed by atoms with Crippen LogP contribution in [0, 0.1) is 13.8 Å². The highest BCUT2D eigenvalue weighted by molar-refractivity contribution is 7.17. The molecule has 0 bridgehead atoms. The molecule has 0 unspecified atom stereocenters. The molecule has 1 aromatic carbocycles. The summed E-state index contributed by atoms with van der Waals surface area (Å²) < 4.78 is 6.48. The van der Waals surface area contributed by atoms with Crippen LogP contribution in [0.2, 0.25) is 0 Å². The Hall–Kier alpha value is -1.35. The van der Waals surface area contributed by atoms with Gasteiger partial charge in [0.15, 0.2) is 6.29 Å². The summed E-state index contributed by atoms with van der Waals surface area (Å²) in [6, 6.07) is 2.02. The number of aldehydes is 1. The van der Waals surface area contributed by atoms with Gasteiger partial charge in [0.05, 0.1) is 7.11 Å². The Bertz CT molecular complexity index is 526. The van der Waals surface area contributed by atoms with Crippen molar-refractivity contribution in [1.29, 1.82) is 0 Å². The molecule has 0 aliphatic carbocycles. The fraction of sp³-hybridized carbons (Fsp3) is 0.250. The SMILES string of the molecule is COc1c(C)cc2c(C=O)csc2c1C. The van der Waals surface area contributed by atoms with E-state index in [1.165, 1.54) is 0 Å². The second-order valence-corrected chi connectivity index (χ2v) is 4.42. The van der Waals surface area contributed by atoms with Gasteiger partial charge < -0.3 is 4.74 Å². The van der Waals surface area contributed by atoms with Gasteiger partial charge in [-0.3, -0.25) is 4.79 Å². The van der Waals surface area contributed by atoms with Crippen LogP contribution in [0.5, 0.6) is 5.75 Å². The second-order valence-electron chi connectivity index (χ2n) is 3.54. The summed E-state index contributed by atoms with van der Waals surface area (Å²) in [5, 5.41) is 2.93. The Morgan fingerprint density at radius 3 is 2.73 bits per heavy atom. The molecule has 0 fully saturated rings. The Labute approximate surface area is 92.5 Å². The fourth-order valence-corrected chi connectivity index (χ4v) is 2.91. The Kier molecular flexibility index (Phi) is 2.49. The lowest BCUT2D eigenvalue weighted by molar-refractivity contribution is 0.112. The normalized spacial score (nSPS) is 10.6. The first kappa shape index (κ1) is 10.2. The zero-order chi connectivity index (χ0) is 11.0. The lowest BCUT2D eigenvalue weighted by Crippen LogP contribution is -1.91. The molecule has 0 aliphatic rings. The minimum absolute atomic E-state index is 0.767. The lowest BCUT2D eigenvalue weighted by Gasteiger charge is -2.09. The zero-order valence-corrected chi connectivity index (χ0v) is 9.77. The summed E-state index contributed by atoms with van der Waals surface area (Å²) >= 11 is 1.59. The van der Waals surface area contributed by atoms with Gasteiger partial charge in [-0.25, -0.2) is 0 Å². The van der Waals surface area contributed by atoms with E-state index in [4.69, 9.17) is 4.74 Å². The monoisotopic (exact) mass is 220 g/mol. The van der Waals surface area contributed by atoms with Crippen molar-refractivity contribution in [3.8, 4) is 5.75 Å². The topological polar surface area (TPSA) is 26.3 Å².